The predicted molar refractivity (Wildman–Crippen MR) is 152 cm³/mol. The maximum atomic E-state index is 13.5. The lowest BCUT2D eigenvalue weighted by Crippen LogP contribution is -2.32. The fourth-order valence-electron chi connectivity index (χ4n) is 5.33. The maximum Gasteiger partial charge on any atom is 0.420 e. The number of fused-ring (bicyclic) bond motifs is 1. The van der Waals surface area contributed by atoms with Crippen LogP contribution in [-0.2, 0) is 10.0 Å². The number of nitrogens with zero attached hydrogens (tertiary/aromatic N) is 2. The Morgan fingerprint density at radius 2 is 1.88 bits per heavy atom. The van der Waals surface area contributed by atoms with Gasteiger partial charge < -0.3 is 10.2 Å². The molecule has 1 saturated carbocycles. The van der Waals surface area contributed by atoms with Crippen molar-refractivity contribution in [1.82, 2.24) is 9.55 Å². The Bertz CT molecular complexity index is 1820. The summed E-state index contributed by atoms with van der Waals surface area (Å²) < 4.78 is 49.0. The Morgan fingerprint density at radius 1 is 1.12 bits per heavy atom. The van der Waals surface area contributed by atoms with Crippen LogP contribution in [0.1, 0.15) is 60.9 Å². The van der Waals surface area contributed by atoms with Gasteiger partial charge in [-0.1, -0.05) is 48.9 Å². The monoisotopic (exact) mass is 562 g/mol. The van der Waals surface area contributed by atoms with Crippen molar-refractivity contribution in [1.29, 1.82) is 0 Å². The highest BCUT2D eigenvalue weighted by molar-refractivity contribution is 7.92. The predicted octanol–water partition coefficient (Wildman–Crippen LogP) is 5.02. The number of aryl methyl sites for hydroxylation is 2. The summed E-state index contributed by atoms with van der Waals surface area (Å²) >= 11 is 0. The second kappa shape index (κ2) is 10.9. The third-order valence-corrected chi connectivity index (χ3v) is 8.99. The average molecular weight is 563 g/mol. The van der Waals surface area contributed by atoms with Gasteiger partial charge in [0.25, 0.3) is 10.0 Å². The van der Waals surface area contributed by atoms with Crippen LogP contribution in [0.2, 0.25) is 0 Å². The smallest absolute Gasteiger partial charge is 0.408 e. The summed E-state index contributed by atoms with van der Waals surface area (Å²) in [4.78, 5) is 16.6. The Hall–Kier alpha value is -3.94. The number of nitrogens with two attached hydrogens (primary N) is 1. The molecule has 208 valence electrons. The standard InChI is InChI=1S/C30H31FN4O4S/c1-18-8-6-10-23(22(18)15-14-21-9-4-5-11-24(21)32)20(3)35-25-16-19(2)27(17-26(25)39-30(35)36)40(37,38)34-29-13-7-12-28(31)33-29/h6-8,10,12-13,16-17,20-21,24H,4-5,9,11,32H2,1-3H3,(H,33,34)/t20-,21-,24-/m1/s1. The third-order valence-electron chi connectivity index (χ3n) is 7.50. The van der Waals surface area contributed by atoms with Crippen LogP contribution in [0.25, 0.3) is 11.1 Å². The number of nitrogens with one attached hydrogen (secondary N) is 1. The summed E-state index contributed by atoms with van der Waals surface area (Å²) in [6, 6.07) is 12.2. The van der Waals surface area contributed by atoms with E-state index >= 15 is 0 Å². The molecule has 0 aliphatic heterocycles. The van der Waals surface area contributed by atoms with Crippen LogP contribution in [-0.4, -0.2) is 24.0 Å². The number of pyridine rings is 1. The second-order valence-corrected chi connectivity index (χ2v) is 12.0. The van der Waals surface area contributed by atoms with E-state index in [9.17, 15) is 17.6 Å². The van der Waals surface area contributed by atoms with Gasteiger partial charge in [-0.05, 0) is 68.5 Å². The van der Waals surface area contributed by atoms with Crippen molar-refractivity contribution in [3.63, 3.8) is 0 Å². The quantitative estimate of drug-likeness (QED) is 0.260. The molecule has 4 aromatic rings. The van der Waals surface area contributed by atoms with E-state index in [1.807, 2.05) is 32.0 Å². The van der Waals surface area contributed by atoms with Gasteiger partial charge in [0.2, 0.25) is 5.95 Å². The minimum atomic E-state index is -4.14. The van der Waals surface area contributed by atoms with E-state index in [0.717, 1.165) is 48.4 Å². The van der Waals surface area contributed by atoms with E-state index in [1.54, 1.807) is 13.0 Å². The Kier molecular flexibility index (Phi) is 7.53. The van der Waals surface area contributed by atoms with Crippen molar-refractivity contribution in [3.05, 3.63) is 87.3 Å². The van der Waals surface area contributed by atoms with E-state index < -0.39 is 27.8 Å². The fraction of sp³-hybridized carbons (Fsp3) is 0.333. The molecule has 40 heavy (non-hydrogen) atoms. The molecular formula is C30H31FN4O4S. The number of hydrogen-bond acceptors (Lipinski definition) is 6. The lowest BCUT2D eigenvalue weighted by Gasteiger charge is -2.24. The first-order chi connectivity index (χ1) is 19.0. The summed E-state index contributed by atoms with van der Waals surface area (Å²) in [7, 11) is -4.14. The molecule has 0 unspecified atom stereocenters. The largest absolute Gasteiger partial charge is 0.420 e. The first kappa shape index (κ1) is 27.6. The summed E-state index contributed by atoms with van der Waals surface area (Å²) in [6.45, 7) is 5.50. The van der Waals surface area contributed by atoms with Gasteiger partial charge in [-0.15, -0.1) is 0 Å². The number of anilines is 1. The van der Waals surface area contributed by atoms with Crippen molar-refractivity contribution >= 4 is 26.9 Å². The topological polar surface area (TPSA) is 120 Å². The van der Waals surface area contributed by atoms with Crippen LogP contribution in [0.5, 0.6) is 0 Å². The number of aromatic nitrogens is 2. The van der Waals surface area contributed by atoms with Gasteiger partial charge in [0.15, 0.2) is 5.58 Å². The molecule has 0 bridgehead atoms. The molecule has 1 aliphatic rings. The van der Waals surface area contributed by atoms with Crippen molar-refractivity contribution in [2.24, 2.45) is 11.7 Å². The van der Waals surface area contributed by atoms with Crippen LogP contribution >= 0.6 is 0 Å². The number of benzene rings is 2. The summed E-state index contributed by atoms with van der Waals surface area (Å²) in [5, 5.41) is 0. The van der Waals surface area contributed by atoms with E-state index in [1.165, 1.54) is 22.8 Å². The summed E-state index contributed by atoms with van der Waals surface area (Å²) in [5.74, 6) is 5.29. The number of oxazole rings is 1. The fourth-order valence-corrected chi connectivity index (χ4v) is 6.58. The summed E-state index contributed by atoms with van der Waals surface area (Å²) in [6.07, 6.45) is 4.19. The molecule has 0 saturated heterocycles. The Morgan fingerprint density at radius 3 is 2.62 bits per heavy atom. The zero-order chi connectivity index (χ0) is 28.6. The van der Waals surface area contributed by atoms with Gasteiger partial charge in [-0.2, -0.15) is 4.39 Å². The highest BCUT2D eigenvalue weighted by Gasteiger charge is 2.25. The zero-order valence-corrected chi connectivity index (χ0v) is 23.4. The molecule has 0 radical (unpaired) electrons. The molecule has 10 heteroatoms. The van der Waals surface area contributed by atoms with Crippen molar-refractivity contribution in [2.45, 2.75) is 63.4 Å². The van der Waals surface area contributed by atoms with Crippen LogP contribution in [0, 0.1) is 37.6 Å². The van der Waals surface area contributed by atoms with Crippen LogP contribution in [0.3, 0.4) is 0 Å². The minimum Gasteiger partial charge on any atom is -0.408 e. The van der Waals surface area contributed by atoms with Gasteiger partial charge in [0, 0.05) is 23.6 Å². The van der Waals surface area contributed by atoms with Crippen molar-refractivity contribution in [3.8, 4) is 11.8 Å². The number of sulfonamides is 1. The Labute approximate surface area is 232 Å². The van der Waals surface area contributed by atoms with Crippen molar-refractivity contribution < 1.29 is 17.2 Å². The van der Waals surface area contributed by atoms with Crippen LogP contribution in [0.4, 0.5) is 10.2 Å². The first-order valence-corrected chi connectivity index (χ1v) is 14.7. The maximum absolute atomic E-state index is 13.5. The van der Waals surface area contributed by atoms with Crippen LogP contribution in [0.15, 0.2) is 62.6 Å². The molecule has 1 fully saturated rings. The normalized spacial score (nSPS) is 18.2. The van der Waals surface area contributed by atoms with Crippen molar-refractivity contribution in [2.75, 3.05) is 4.72 Å². The number of halogens is 1. The zero-order valence-electron chi connectivity index (χ0n) is 22.6. The minimum absolute atomic E-state index is 0.0613. The highest BCUT2D eigenvalue weighted by Crippen LogP contribution is 2.30. The number of hydrogen-bond donors (Lipinski definition) is 2. The third kappa shape index (κ3) is 5.40. The molecule has 2 aromatic heterocycles. The van der Waals surface area contributed by atoms with E-state index in [-0.39, 0.29) is 28.3 Å². The molecule has 1 aliphatic carbocycles. The summed E-state index contributed by atoms with van der Waals surface area (Å²) in [5.41, 5.74) is 9.96. The van der Waals surface area contributed by atoms with E-state index in [2.05, 4.69) is 21.5 Å². The average Bonchev–Trinajstić information content (AvgIpc) is 3.22. The molecule has 2 heterocycles. The lowest BCUT2D eigenvalue weighted by atomic mass is 9.85. The lowest BCUT2D eigenvalue weighted by molar-refractivity contribution is 0.372. The van der Waals surface area contributed by atoms with Gasteiger partial charge >= 0.3 is 5.76 Å². The van der Waals surface area contributed by atoms with Gasteiger partial charge in [0.1, 0.15) is 5.82 Å². The molecular weight excluding hydrogens is 531 g/mol. The molecule has 0 amide bonds. The van der Waals surface area contributed by atoms with Gasteiger partial charge in [-0.3, -0.25) is 9.29 Å². The second-order valence-electron chi connectivity index (χ2n) is 10.3. The highest BCUT2D eigenvalue weighted by atomic mass is 32.2. The molecule has 5 rings (SSSR count). The van der Waals surface area contributed by atoms with Crippen LogP contribution < -0.4 is 16.2 Å². The van der Waals surface area contributed by atoms with Gasteiger partial charge in [0.05, 0.1) is 16.5 Å². The first-order valence-electron chi connectivity index (χ1n) is 13.2. The van der Waals surface area contributed by atoms with Gasteiger partial charge in [-0.25, -0.2) is 18.2 Å². The molecule has 8 nitrogen and oxygen atoms in total. The SMILES string of the molecule is Cc1cc2c(cc1S(=O)(=O)Nc1cccc(F)n1)oc(=O)n2[C@H](C)c1cccc(C)c1C#C[C@H]1CCCC[C@H]1N. The Balaban J connectivity index is 1.54. The molecule has 2 aromatic carbocycles. The molecule has 3 atom stereocenters. The van der Waals surface area contributed by atoms with E-state index in [0.29, 0.717) is 11.1 Å². The number of rotatable bonds is 5. The van der Waals surface area contributed by atoms with E-state index in [4.69, 9.17) is 10.2 Å². The molecule has 0 spiro atoms. The molecule has 3 N–H and O–H groups in total.